The topological polar surface area (TPSA) is 79.8 Å². The van der Waals surface area contributed by atoms with Gasteiger partial charge in [0, 0.05) is 62.2 Å². The standard InChI is InChI=1S/C58H40N6S2/c1-57(2)43-16-5-9-20-47(43)63(48-21-10-6-17-44(48)57)37-28-24-35(25-29-37)41-32-42-52-39(14-13-15-40(52)53-54(42)62-56(66-34-60)55(61-53)65-33-59)51(41)36-26-30-38(31-27-36)64-49-22-11-7-18-45(49)58(3,4)46-19-8-12-23-50(46)64/h5-32H,1-4H3. The number of hydrogen-bond acceptors (Lipinski definition) is 8. The highest BCUT2D eigenvalue weighted by molar-refractivity contribution is 8.06. The van der Waals surface area contributed by atoms with Gasteiger partial charge in [0.2, 0.25) is 0 Å². The van der Waals surface area contributed by atoms with Gasteiger partial charge in [-0.15, -0.1) is 0 Å². The first-order chi connectivity index (χ1) is 32.2. The highest BCUT2D eigenvalue weighted by Crippen LogP contribution is 2.56. The highest BCUT2D eigenvalue weighted by atomic mass is 32.2. The zero-order valence-corrected chi connectivity index (χ0v) is 38.3. The Morgan fingerprint density at radius 3 is 1.29 bits per heavy atom. The summed E-state index contributed by atoms with van der Waals surface area (Å²) < 4.78 is 0. The fourth-order valence-corrected chi connectivity index (χ4v) is 11.8. The van der Waals surface area contributed by atoms with E-state index in [4.69, 9.17) is 9.97 Å². The zero-order chi connectivity index (χ0) is 44.9. The summed E-state index contributed by atoms with van der Waals surface area (Å²) in [6, 6.07) is 61.6. The molecule has 3 heterocycles. The molecule has 1 aromatic heterocycles. The zero-order valence-electron chi connectivity index (χ0n) is 36.7. The maximum absolute atomic E-state index is 9.76. The van der Waals surface area contributed by atoms with Gasteiger partial charge >= 0.3 is 0 Å². The first-order valence-electron chi connectivity index (χ1n) is 22.0. The van der Waals surface area contributed by atoms with E-state index in [1.54, 1.807) is 0 Å². The van der Waals surface area contributed by atoms with Crippen LogP contribution in [0.3, 0.4) is 0 Å². The van der Waals surface area contributed by atoms with Gasteiger partial charge < -0.3 is 9.80 Å². The number of thiocyanates is 2. The Morgan fingerprint density at radius 2 is 0.848 bits per heavy atom. The van der Waals surface area contributed by atoms with E-state index in [1.165, 1.54) is 45.0 Å². The number of thioether (sulfide) groups is 2. The molecule has 314 valence electrons. The second-order valence-corrected chi connectivity index (χ2v) is 19.6. The van der Waals surface area contributed by atoms with Gasteiger partial charge in [0.05, 0.1) is 34.1 Å². The molecule has 0 unspecified atom stereocenters. The summed E-state index contributed by atoms with van der Waals surface area (Å²) in [6.45, 7) is 9.26. The average molecular weight is 885 g/mol. The van der Waals surface area contributed by atoms with Gasteiger partial charge in [0.1, 0.15) is 20.9 Å². The molecule has 0 spiro atoms. The van der Waals surface area contributed by atoms with Crippen molar-refractivity contribution < 1.29 is 0 Å². The lowest BCUT2D eigenvalue weighted by atomic mass is 9.73. The molecule has 0 bridgehead atoms. The lowest BCUT2D eigenvalue weighted by Gasteiger charge is -2.42. The quantitative estimate of drug-likeness (QED) is 0.121. The normalized spacial score (nSPS) is 14.3. The smallest absolute Gasteiger partial charge is 0.145 e. The summed E-state index contributed by atoms with van der Waals surface area (Å²) >= 11 is 1.87. The van der Waals surface area contributed by atoms with E-state index < -0.39 is 0 Å². The van der Waals surface area contributed by atoms with Crippen LogP contribution < -0.4 is 9.80 Å². The van der Waals surface area contributed by atoms with Crippen LogP contribution in [0.5, 0.6) is 0 Å². The van der Waals surface area contributed by atoms with Crippen molar-refractivity contribution in [2.24, 2.45) is 0 Å². The molecular formula is C58H40N6S2. The van der Waals surface area contributed by atoms with E-state index in [2.05, 4.69) is 218 Å². The van der Waals surface area contributed by atoms with Gasteiger partial charge in [-0.1, -0.05) is 143 Å². The molecule has 0 radical (unpaired) electrons. The largest absolute Gasteiger partial charge is 0.310 e. The molecule has 1 aliphatic carbocycles. The van der Waals surface area contributed by atoms with Crippen LogP contribution in [-0.4, -0.2) is 9.97 Å². The summed E-state index contributed by atoms with van der Waals surface area (Å²) in [5.74, 6) is 0. The monoisotopic (exact) mass is 884 g/mol. The predicted octanol–water partition coefficient (Wildman–Crippen LogP) is 16.0. The van der Waals surface area contributed by atoms with Crippen molar-refractivity contribution in [2.75, 3.05) is 9.80 Å². The Balaban J connectivity index is 1.05. The van der Waals surface area contributed by atoms with Crippen molar-refractivity contribution in [3.05, 3.63) is 192 Å². The molecule has 0 saturated carbocycles. The van der Waals surface area contributed by atoms with E-state index in [9.17, 15) is 10.5 Å². The summed E-state index contributed by atoms with van der Waals surface area (Å²) in [6.07, 6.45) is 0. The second kappa shape index (κ2) is 15.0. The van der Waals surface area contributed by atoms with Gasteiger partial charge in [-0.3, -0.25) is 0 Å². The third-order valence-corrected chi connectivity index (χ3v) is 15.2. The molecule has 66 heavy (non-hydrogen) atoms. The minimum Gasteiger partial charge on any atom is -0.310 e. The Kier molecular flexibility index (Phi) is 9.06. The second-order valence-electron chi connectivity index (χ2n) is 18.1. The Bertz CT molecular complexity index is 3480. The number of fused-ring (bicyclic) bond motifs is 7. The SMILES string of the molecule is CC1(C)c2ccccc2N(c2ccc(-c3cc4c5c(cccc5c3-c3ccc(N5c6ccccc6C(C)(C)c6ccccc65)cc3)-c3nc(SC#N)c(SC#N)nc3-4)cc2)c2ccccc21. The number of nitriles is 2. The molecule has 0 amide bonds. The van der Waals surface area contributed by atoms with Crippen LogP contribution in [0, 0.1) is 21.3 Å². The van der Waals surface area contributed by atoms with Gasteiger partial charge in [-0.05, 0) is 104 Å². The molecule has 0 atom stereocenters. The molecule has 0 fully saturated rings. The van der Waals surface area contributed by atoms with Crippen molar-refractivity contribution in [1.29, 1.82) is 10.5 Å². The van der Waals surface area contributed by atoms with Crippen molar-refractivity contribution in [3.8, 4) is 55.6 Å². The fourth-order valence-electron chi connectivity index (χ4n) is 10.9. The average Bonchev–Trinajstić information content (AvgIpc) is 3.65. The van der Waals surface area contributed by atoms with Crippen LogP contribution in [0.2, 0.25) is 0 Å². The van der Waals surface area contributed by atoms with Crippen LogP contribution in [0.4, 0.5) is 34.1 Å². The lowest BCUT2D eigenvalue weighted by molar-refractivity contribution is 0.632. The van der Waals surface area contributed by atoms with Crippen molar-refractivity contribution in [3.63, 3.8) is 0 Å². The molecule has 8 aromatic carbocycles. The highest BCUT2D eigenvalue weighted by Gasteiger charge is 2.38. The van der Waals surface area contributed by atoms with E-state index in [0.717, 1.165) is 90.4 Å². The molecule has 2 aliphatic heterocycles. The summed E-state index contributed by atoms with van der Waals surface area (Å²) in [5.41, 5.74) is 19.4. The van der Waals surface area contributed by atoms with Gasteiger partial charge in [-0.25, -0.2) is 9.97 Å². The first kappa shape index (κ1) is 39.9. The number of rotatable bonds is 6. The Labute approximate surface area is 392 Å². The van der Waals surface area contributed by atoms with Crippen LogP contribution in [0.1, 0.15) is 49.9 Å². The molecule has 8 heteroatoms. The predicted molar refractivity (Wildman–Crippen MR) is 271 cm³/mol. The number of aromatic nitrogens is 2. The maximum Gasteiger partial charge on any atom is 0.145 e. The van der Waals surface area contributed by atoms with Gasteiger partial charge in [0.25, 0.3) is 0 Å². The van der Waals surface area contributed by atoms with E-state index in [0.29, 0.717) is 10.1 Å². The minimum atomic E-state index is -0.156. The van der Waals surface area contributed by atoms with Crippen molar-refractivity contribution in [1.82, 2.24) is 9.97 Å². The molecule has 6 nitrogen and oxygen atoms in total. The number of anilines is 6. The Hall–Kier alpha value is -7.62. The minimum absolute atomic E-state index is 0.153. The van der Waals surface area contributed by atoms with Crippen LogP contribution in [0.25, 0.3) is 55.5 Å². The molecule has 0 N–H and O–H groups in total. The Morgan fingerprint density at radius 1 is 0.439 bits per heavy atom. The van der Waals surface area contributed by atoms with E-state index >= 15 is 0 Å². The number of nitrogens with zero attached hydrogens (tertiary/aromatic N) is 6. The van der Waals surface area contributed by atoms with Gasteiger partial charge in [0.15, 0.2) is 0 Å². The van der Waals surface area contributed by atoms with Crippen molar-refractivity contribution in [2.45, 2.75) is 48.6 Å². The third-order valence-electron chi connectivity index (χ3n) is 13.9. The molecule has 12 rings (SSSR count). The van der Waals surface area contributed by atoms with Crippen LogP contribution in [-0.2, 0) is 10.8 Å². The van der Waals surface area contributed by atoms with Crippen molar-refractivity contribution >= 4 is 68.4 Å². The summed E-state index contributed by atoms with van der Waals surface area (Å²) in [5, 5.41) is 26.8. The number of para-hydroxylation sites is 4. The molecular weight excluding hydrogens is 845 g/mol. The van der Waals surface area contributed by atoms with E-state index in [1.807, 2.05) is 0 Å². The molecule has 9 aromatic rings. The van der Waals surface area contributed by atoms with Crippen LogP contribution in [0.15, 0.2) is 180 Å². The maximum atomic E-state index is 9.76. The third kappa shape index (κ3) is 5.82. The van der Waals surface area contributed by atoms with Gasteiger partial charge in [-0.2, -0.15) is 10.5 Å². The fraction of sp³-hybridized carbons (Fsp3) is 0.103. The number of hydrogen-bond donors (Lipinski definition) is 0. The molecule has 0 saturated heterocycles. The summed E-state index contributed by atoms with van der Waals surface area (Å²) in [4.78, 5) is 14.9. The molecule has 3 aliphatic rings. The first-order valence-corrected chi connectivity index (χ1v) is 23.7. The number of benzene rings is 8. The van der Waals surface area contributed by atoms with E-state index in [-0.39, 0.29) is 10.8 Å². The summed E-state index contributed by atoms with van der Waals surface area (Å²) in [7, 11) is 0. The van der Waals surface area contributed by atoms with Crippen LogP contribution >= 0.6 is 23.5 Å². The lowest BCUT2D eigenvalue weighted by Crippen LogP contribution is -2.30.